The van der Waals surface area contributed by atoms with Crippen molar-refractivity contribution in [2.24, 2.45) is 5.41 Å². The highest BCUT2D eigenvalue weighted by Crippen LogP contribution is 2.42. The van der Waals surface area contributed by atoms with Gasteiger partial charge in [0.25, 0.3) is 5.91 Å². The van der Waals surface area contributed by atoms with E-state index in [4.69, 9.17) is 4.74 Å². The first-order valence-electron chi connectivity index (χ1n) is 7.61. The van der Waals surface area contributed by atoms with E-state index in [0.29, 0.717) is 12.2 Å². The van der Waals surface area contributed by atoms with Gasteiger partial charge in [-0.3, -0.25) is 4.79 Å². The summed E-state index contributed by atoms with van der Waals surface area (Å²) in [5.74, 6) is 0.676. The zero-order chi connectivity index (χ0) is 15.5. The molecule has 2 rings (SSSR count). The fraction of sp³-hybridized carbons (Fsp3) is 0.625. The van der Waals surface area contributed by atoms with E-state index in [-0.39, 0.29) is 23.5 Å². The molecule has 0 saturated heterocycles. The fourth-order valence-electron chi connectivity index (χ4n) is 2.71. The van der Waals surface area contributed by atoms with E-state index in [0.717, 1.165) is 18.8 Å². The lowest BCUT2D eigenvalue weighted by molar-refractivity contribution is -0.111. The molecule has 1 aromatic heterocycles. The van der Waals surface area contributed by atoms with E-state index >= 15 is 0 Å². The van der Waals surface area contributed by atoms with E-state index in [1.807, 2.05) is 13.8 Å². The number of pyridine rings is 1. The van der Waals surface area contributed by atoms with Crippen molar-refractivity contribution in [3.8, 4) is 0 Å². The van der Waals surface area contributed by atoms with E-state index in [1.165, 1.54) is 0 Å². The molecular weight excluding hydrogens is 266 g/mol. The van der Waals surface area contributed by atoms with Crippen molar-refractivity contribution >= 4 is 11.7 Å². The molecule has 21 heavy (non-hydrogen) atoms. The molecule has 1 fully saturated rings. The predicted octanol–water partition coefficient (Wildman–Crippen LogP) is 2.45. The van der Waals surface area contributed by atoms with Crippen molar-refractivity contribution in [2.45, 2.75) is 46.3 Å². The van der Waals surface area contributed by atoms with Crippen molar-refractivity contribution in [2.75, 3.05) is 18.5 Å². The lowest BCUT2D eigenvalue weighted by Crippen LogP contribution is -2.62. The summed E-state index contributed by atoms with van der Waals surface area (Å²) >= 11 is 0. The van der Waals surface area contributed by atoms with Gasteiger partial charge < -0.3 is 15.4 Å². The van der Waals surface area contributed by atoms with E-state index < -0.39 is 0 Å². The highest BCUT2D eigenvalue weighted by molar-refractivity contribution is 5.95. The lowest BCUT2D eigenvalue weighted by atomic mass is 9.64. The van der Waals surface area contributed by atoms with Crippen LogP contribution in [0.2, 0.25) is 0 Å². The van der Waals surface area contributed by atoms with Crippen LogP contribution in [0.5, 0.6) is 0 Å². The Bertz CT molecular complexity index is 502. The fourth-order valence-corrected chi connectivity index (χ4v) is 2.71. The Kier molecular flexibility index (Phi) is 4.83. The molecule has 1 heterocycles. The average Bonchev–Trinajstić information content (AvgIpc) is 2.46. The van der Waals surface area contributed by atoms with Crippen LogP contribution >= 0.6 is 0 Å². The molecule has 1 aromatic rings. The molecule has 1 aliphatic rings. The number of carbonyl (C=O) groups is 1. The summed E-state index contributed by atoms with van der Waals surface area (Å²) in [7, 11) is 0. The molecule has 5 heteroatoms. The maximum atomic E-state index is 12.3. The summed E-state index contributed by atoms with van der Waals surface area (Å²) in [6.45, 7) is 9.77. The molecule has 2 unspecified atom stereocenters. The number of nitrogens with zero attached hydrogens (tertiary/aromatic N) is 1. The normalized spacial score (nSPS) is 23.2. The first kappa shape index (κ1) is 15.8. The van der Waals surface area contributed by atoms with Gasteiger partial charge in [0.05, 0.1) is 6.10 Å². The van der Waals surface area contributed by atoms with Crippen LogP contribution in [-0.4, -0.2) is 36.2 Å². The van der Waals surface area contributed by atoms with Crippen molar-refractivity contribution in [1.82, 2.24) is 10.3 Å². The Morgan fingerprint density at radius 1 is 1.48 bits per heavy atom. The largest absolute Gasteiger partial charge is 0.378 e. The first-order valence-corrected chi connectivity index (χ1v) is 7.61. The van der Waals surface area contributed by atoms with Crippen molar-refractivity contribution in [1.29, 1.82) is 0 Å². The van der Waals surface area contributed by atoms with Gasteiger partial charge in [0.2, 0.25) is 0 Å². The van der Waals surface area contributed by atoms with Crippen molar-refractivity contribution in [3.63, 3.8) is 0 Å². The summed E-state index contributed by atoms with van der Waals surface area (Å²) in [6.07, 6.45) is 2.75. The predicted molar refractivity (Wildman–Crippen MR) is 83.5 cm³/mol. The summed E-state index contributed by atoms with van der Waals surface area (Å²) in [6, 6.07) is 3.67. The number of hydrogen-bond donors (Lipinski definition) is 2. The molecule has 1 amide bonds. The summed E-state index contributed by atoms with van der Waals surface area (Å²) < 4.78 is 5.69. The van der Waals surface area contributed by atoms with Gasteiger partial charge in [-0.2, -0.15) is 0 Å². The summed E-state index contributed by atoms with van der Waals surface area (Å²) in [4.78, 5) is 16.5. The third kappa shape index (κ3) is 3.35. The van der Waals surface area contributed by atoms with Crippen LogP contribution in [0, 0.1) is 5.41 Å². The third-order valence-corrected chi connectivity index (χ3v) is 4.23. The Balaban J connectivity index is 1.98. The third-order valence-electron chi connectivity index (χ3n) is 4.23. The number of amides is 1. The van der Waals surface area contributed by atoms with Crippen LogP contribution in [0.1, 0.15) is 44.5 Å². The minimum absolute atomic E-state index is 0.0246. The summed E-state index contributed by atoms with van der Waals surface area (Å²) in [5, 5.41) is 6.22. The second-order valence-corrected chi connectivity index (χ2v) is 5.99. The van der Waals surface area contributed by atoms with Crippen LogP contribution in [-0.2, 0) is 4.74 Å². The van der Waals surface area contributed by atoms with Gasteiger partial charge in [-0.1, -0.05) is 13.8 Å². The lowest BCUT2D eigenvalue weighted by Gasteiger charge is -2.51. The molecule has 0 spiro atoms. The highest BCUT2D eigenvalue weighted by Gasteiger charge is 2.49. The average molecular weight is 291 g/mol. The van der Waals surface area contributed by atoms with Crippen LogP contribution in [0.15, 0.2) is 18.3 Å². The van der Waals surface area contributed by atoms with Gasteiger partial charge in [0.15, 0.2) is 0 Å². The van der Waals surface area contributed by atoms with E-state index in [2.05, 4.69) is 29.5 Å². The SMILES string of the molecule is CCNc1cc(C(=O)NC2CC(OCC)C2(C)C)ccn1. The van der Waals surface area contributed by atoms with Crippen molar-refractivity contribution in [3.05, 3.63) is 23.9 Å². The maximum Gasteiger partial charge on any atom is 0.251 e. The Morgan fingerprint density at radius 2 is 2.24 bits per heavy atom. The van der Waals surface area contributed by atoms with Crippen LogP contribution < -0.4 is 10.6 Å². The minimum atomic E-state index is -0.0513. The number of rotatable bonds is 6. The molecule has 116 valence electrons. The molecule has 1 aliphatic carbocycles. The molecule has 2 N–H and O–H groups in total. The van der Waals surface area contributed by atoms with Gasteiger partial charge in [-0.05, 0) is 32.4 Å². The van der Waals surface area contributed by atoms with Crippen LogP contribution in [0.25, 0.3) is 0 Å². The molecule has 2 atom stereocenters. The molecule has 5 nitrogen and oxygen atoms in total. The number of nitrogens with one attached hydrogen (secondary N) is 2. The quantitative estimate of drug-likeness (QED) is 0.845. The van der Waals surface area contributed by atoms with Crippen LogP contribution in [0.3, 0.4) is 0 Å². The first-order chi connectivity index (χ1) is 9.98. The Labute approximate surface area is 126 Å². The minimum Gasteiger partial charge on any atom is -0.378 e. The molecule has 1 saturated carbocycles. The topological polar surface area (TPSA) is 63.2 Å². The standard InChI is InChI=1S/C16H25N3O2/c1-5-17-14-9-11(7-8-18-14)15(20)19-12-10-13(21-6-2)16(12,3)4/h7-9,12-13H,5-6,10H2,1-4H3,(H,17,18)(H,19,20). The van der Waals surface area contributed by atoms with E-state index in [1.54, 1.807) is 18.3 Å². The van der Waals surface area contributed by atoms with Gasteiger partial charge >= 0.3 is 0 Å². The Morgan fingerprint density at radius 3 is 2.86 bits per heavy atom. The second kappa shape index (κ2) is 6.43. The molecule has 0 bridgehead atoms. The molecule has 0 aromatic carbocycles. The smallest absolute Gasteiger partial charge is 0.251 e. The second-order valence-electron chi connectivity index (χ2n) is 5.99. The number of carbonyl (C=O) groups excluding carboxylic acids is 1. The van der Waals surface area contributed by atoms with E-state index in [9.17, 15) is 4.79 Å². The van der Waals surface area contributed by atoms with Gasteiger partial charge in [-0.25, -0.2) is 4.98 Å². The molecule has 0 aliphatic heterocycles. The van der Waals surface area contributed by atoms with Gasteiger partial charge in [0, 0.05) is 36.4 Å². The Hall–Kier alpha value is -1.62. The molecular formula is C16H25N3O2. The highest BCUT2D eigenvalue weighted by atomic mass is 16.5. The summed E-state index contributed by atoms with van der Waals surface area (Å²) in [5.41, 5.74) is 0.611. The van der Waals surface area contributed by atoms with Crippen molar-refractivity contribution < 1.29 is 9.53 Å². The maximum absolute atomic E-state index is 12.3. The molecule has 0 radical (unpaired) electrons. The number of anilines is 1. The van der Waals surface area contributed by atoms with Gasteiger partial charge in [-0.15, -0.1) is 0 Å². The monoisotopic (exact) mass is 291 g/mol. The number of aromatic nitrogens is 1. The van der Waals surface area contributed by atoms with Crippen LogP contribution in [0.4, 0.5) is 5.82 Å². The number of hydrogen-bond acceptors (Lipinski definition) is 4. The zero-order valence-corrected chi connectivity index (χ0v) is 13.3. The number of ether oxygens (including phenoxy) is 1. The zero-order valence-electron chi connectivity index (χ0n) is 13.3. The van der Waals surface area contributed by atoms with Gasteiger partial charge in [0.1, 0.15) is 5.82 Å².